The lowest BCUT2D eigenvalue weighted by atomic mass is 9.96. The van der Waals surface area contributed by atoms with Crippen LogP contribution in [0.3, 0.4) is 0 Å². The first-order valence-electron chi connectivity index (χ1n) is 10.6. The highest BCUT2D eigenvalue weighted by Gasteiger charge is 2.43. The Morgan fingerprint density at radius 1 is 0.969 bits per heavy atom. The van der Waals surface area contributed by atoms with E-state index in [1.54, 1.807) is 30.3 Å². The zero-order valence-corrected chi connectivity index (χ0v) is 19.3. The summed E-state index contributed by atoms with van der Waals surface area (Å²) in [6, 6.07) is 21.6. The van der Waals surface area contributed by atoms with E-state index in [4.69, 9.17) is 23.2 Å². The Morgan fingerprint density at radius 2 is 1.66 bits per heavy atom. The number of halogens is 2. The summed E-state index contributed by atoms with van der Waals surface area (Å²) < 4.78 is 0. The second kappa shape index (κ2) is 9.45. The van der Waals surface area contributed by atoms with Gasteiger partial charge in [-0.25, -0.2) is 0 Å². The average molecular weight is 467 g/mol. The first-order chi connectivity index (χ1) is 15.4. The summed E-state index contributed by atoms with van der Waals surface area (Å²) in [6.07, 6.45) is 1.66. The zero-order chi connectivity index (χ0) is 22.7. The van der Waals surface area contributed by atoms with E-state index in [1.165, 1.54) is 0 Å². The number of hydrogen-bond acceptors (Lipinski definition) is 3. The van der Waals surface area contributed by atoms with Gasteiger partial charge in [0, 0.05) is 27.7 Å². The van der Waals surface area contributed by atoms with Gasteiger partial charge in [0.15, 0.2) is 5.78 Å². The summed E-state index contributed by atoms with van der Waals surface area (Å²) in [5.41, 5.74) is 1.80. The Morgan fingerprint density at radius 3 is 2.38 bits per heavy atom. The number of carbonyl (C=O) groups excluding carboxylic acids is 2. The van der Waals surface area contributed by atoms with Crippen LogP contribution in [-0.2, 0) is 11.3 Å². The molecule has 4 nitrogen and oxygen atoms in total. The predicted molar refractivity (Wildman–Crippen MR) is 129 cm³/mol. The van der Waals surface area contributed by atoms with Crippen molar-refractivity contribution in [3.05, 3.63) is 99.5 Å². The monoisotopic (exact) mass is 466 g/mol. The van der Waals surface area contributed by atoms with E-state index in [1.807, 2.05) is 49.4 Å². The normalized spacial score (nSPS) is 18.5. The highest BCUT2D eigenvalue weighted by molar-refractivity contribution is 6.31. The van der Waals surface area contributed by atoms with E-state index in [-0.39, 0.29) is 11.7 Å². The van der Waals surface area contributed by atoms with Crippen LogP contribution >= 0.6 is 23.2 Å². The molecule has 4 rings (SSSR count). The third-order valence-corrected chi connectivity index (χ3v) is 6.56. The molecule has 32 heavy (non-hydrogen) atoms. The van der Waals surface area contributed by atoms with Gasteiger partial charge in [-0.15, -0.1) is 0 Å². The minimum atomic E-state index is -0.688. The van der Waals surface area contributed by atoms with E-state index in [0.717, 1.165) is 24.9 Å². The molecular formula is C26H24Cl2N2O2. The maximum absolute atomic E-state index is 13.5. The standard InChI is InChI=1S/C26H24Cl2N2O2/c1-26(14-5-15-30(26)17-18-8-10-20(27)11-9-18)25(32)29-23-13-12-21(28)16-22(23)24(31)19-6-3-2-4-7-19/h2-4,6-13,16H,5,14-15,17H2,1H3,(H,29,32)/t26-/m1/s1. The van der Waals surface area contributed by atoms with Crippen molar-refractivity contribution in [3.63, 3.8) is 0 Å². The van der Waals surface area contributed by atoms with E-state index in [9.17, 15) is 9.59 Å². The molecule has 6 heteroatoms. The number of rotatable bonds is 6. The van der Waals surface area contributed by atoms with Crippen LogP contribution in [0.5, 0.6) is 0 Å². The Hall–Kier alpha value is -2.66. The fourth-order valence-electron chi connectivity index (χ4n) is 4.16. The summed E-state index contributed by atoms with van der Waals surface area (Å²) in [6.45, 7) is 3.43. The molecule has 3 aromatic rings. The van der Waals surface area contributed by atoms with Crippen LogP contribution < -0.4 is 5.32 Å². The number of ketones is 1. The largest absolute Gasteiger partial charge is 0.324 e. The van der Waals surface area contributed by atoms with Crippen molar-refractivity contribution >= 4 is 40.6 Å². The zero-order valence-electron chi connectivity index (χ0n) is 17.8. The average Bonchev–Trinajstić information content (AvgIpc) is 3.18. The molecule has 0 radical (unpaired) electrons. The van der Waals surface area contributed by atoms with Gasteiger partial charge >= 0.3 is 0 Å². The summed E-state index contributed by atoms with van der Waals surface area (Å²) >= 11 is 12.2. The Labute approximate surface area is 198 Å². The highest BCUT2D eigenvalue weighted by atomic mass is 35.5. The van der Waals surface area contributed by atoms with Crippen molar-refractivity contribution in [1.29, 1.82) is 0 Å². The van der Waals surface area contributed by atoms with Crippen molar-refractivity contribution in [2.45, 2.75) is 31.8 Å². The highest BCUT2D eigenvalue weighted by Crippen LogP contribution is 2.33. The number of amides is 1. The number of likely N-dealkylation sites (tertiary alicyclic amines) is 1. The molecule has 1 atom stereocenters. The smallest absolute Gasteiger partial charge is 0.244 e. The molecule has 3 aromatic carbocycles. The SMILES string of the molecule is C[C@]1(C(=O)Nc2ccc(Cl)cc2C(=O)c2ccccc2)CCCN1Cc1ccc(Cl)cc1. The summed E-state index contributed by atoms with van der Waals surface area (Å²) in [5.74, 6) is -0.314. The third kappa shape index (κ3) is 4.73. The molecule has 1 N–H and O–H groups in total. The lowest BCUT2D eigenvalue weighted by Gasteiger charge is -2.34. The predicted octanol–water partition coefficient (Wildman–Crippen LogP) is 6.22. The van der Waals surface area contributed by atoms with E-state index < -0.39 is 5.54 Å². The maximum Gasteiger partial charge on any atom is 0.244 e. The van der Waals surface area contributed by atoms with Crippen molar-refractivity contribution in [2.75, 3.05) is 11.9 Å². The van der Waals surface area contributed by atoms with Crippen LogP contribution in [0.2, 0.25) is 10.0 Å². The first-order valence-corrected chi connectivity index (χ1v) is 11.3. The third-order valence-electron chi connectivity index (χ3n) is 6.08. The van der Waals surface area contributed by atoms with Crippen LogP contribution in [0.15, 0.2) is 72.8 Å². The number of hydrogen-bond donors (Lipinski definition) is 1. The number of nitrogens with one attached hydrogen (secondary N) is 1. The summed E-state index contributed by atoms with van der Waals surface area (Å²) in [5, 5.41) is 4.15. The maximum atomic E-state index is 13.5. The van der Waals surface area contributed by atoms with Gasteiger partial charge in [-0.3, -0.25) is 14.5 Å². The molecule has 1 amide bonds. The van der Waals surface area contributed by atoms with Gasteiger partial charge in [0.05, 0.1) is 11.2 Å². The molecule has 1 aliphatic rings. The number of carbonyl (C=O) groups is 2. The van der Waals surface area contributed by atoms with Gasteiger partial charge in [-0.05, 0) is 62.2 Å². The Balaban J connectivity index is 1.58. The fourth-order valence-corrected chi connectivity index (χ4v) is 4.45. The molecule has 0 aromatic heterocycles. The molecule has 1 heterocycles. The topological polar surface area (TPSA) is 49.4 Å². The lowest BCUT2D eigenvalue weighted by Crippen LogP contribution is -2.50. The molecule has 164 valence electrons. The molecule has 1 fully saturated rings. The van der Waals surface area contributed by atoms with Crippen molar-refractivity contribution in [2.24, 2.45) is 0 Å². The summed E-state index contributed by atoms with van der Waals surface area (Å²) in [7, 11) is 0. The molecule has 0 bridgehead atoms. The van der Waals surface area contributed by atoms with Crippen LogP contribution in [0.25, 0.3) is 0 Å². The number of anilines is 1. The Kier molecular flexibility index (Phi) is 6.66. The van der Waals surface area contributed by atoms with Crippen LogP contribution in [0, 0.1) is 0 Å². The van der Waals surface area contributed by atoms with E-state index in [0.29, 0.717) is 33.4 Å². The van der Waals surface area contributed by atoms with Gasteiger partial charge in [0.2, 0.25) is 5.91 Å². The van der Waals surface area contributed by atoms with Crippen LogP contribution in [0.1, 0.15) is 41.3 Å². The molecule has 0 spiro atoms. The van der Waals surface area contributed by atoms with Crippen molar-refractivity contribution < 1.29 is 9.59 Å². The molecule has 1 saturated heterocycles. The second-order valence-corrected chi connectivity index (χ2v) is 9.14. The van der Waals surface area contributed by atoms with Gasteiger partial charge in [-0.2, -0.15) is 0 Å². The molecule has 0 unspecified atom stereocenters. The minimum absolute atomic E-state index is 0.131. The van der Waals surface area contributed by atoms with E-state index >= 15 is 0 Å². The Bertz CT molecular complexity index is 1130. The number of nitrogens with zero attached hydrogens (tertiary/aromatic N) is 1. The van der Waals surface area contributed by atoms with Crippen molar-refractivity contribution in [3.8, 4) is 0 Å². The quantitative estimate of drug-likeness (QED) is 0.438. The van der Waals surface area contributed by atoms with Crippen LogP contribution in [0.4, 0.5) is 5.69 Å². The number of benzene rings is 3. The summed E-state index contributed by atoms with van der Waals surface area (Å²) in [4.78, 5) is 28.8. The van der Waals surface area contributed by atoms with Gasteiger partial charge in [-0.1, -0.05) is 65.7 Å². The van der Waals surface area contributed by atoms with Gasteiger partial charge < -0.3 is 5.32 Å². The fraction of sp³-hybridized carbons (Fsp3) is 0.231. The van der Waals surface area contributed by atoms with Gasteiger partial charge in [0.1, 0.15) is 0 Å². The van der Waals surface area contributed by atoms with Crippen molar-refractivity contribution in [1.82, 2.24) is 4.90 Å². The molecule has 0 saturated carbocycles. The molecule has 0 aliphatic carbocycles. The van der Waals surface area contributed by atoms with Crippen LogP contribution in [-0.4, -0.2) is 28.7 Å². The lowest BCUT2D eigenvalue weighted by molar-refractivity contribution is -0.125. The van der Waals surface area contributed by atoms with Gasteiger partial charge in [0.25, 0.3) is 0 Å². The minimum Gasteiger partial charge on any atom is -0.324 e. The second-order valence-electron chi connectivity index (χ2n) is 8.26. The first kappa shape index (κ1) is 22.5. The van der Waals surface area contributed by atoms with E-state index in [2.05, 4.69) is 10.2 Å². The molecule has 1 aliphatic heterocycles. The molecular weight excluding hydrogens is 443 g/mol.